The molecule has 0 aliphatic carbocycles. The standard InChI is InChI=1S/C17H12BrClN8O/c1-25-16-11(7-21-25)17-22-15(24-27(17)8-20-16)13-4-5-26(23-13)9-28-14-3-2-10(19)6-12(14)18/h2-8H,9H2,1H3. The molecule has 1 aromatic carbocycles. The molecule has 140 valence electrons. The topological polar surface area (TPSA) is 88.0 Å². The Morgan fingerprint density at radius 2 is 2.07 bits per heavy atom. The largest absolute Gasteiger partial charge is 0.470 e. The number of rotatable bonds is 4. The summed E-state index contributed by atoms with van der Waals surface area (Å²) < 4.78 is 11.5. The summed E-state index contributed by atoms with van der Waals surface area (Å²) in [7, 11) is 1.84. The fourth-order valence-electron chi connectivity index (χ4n) is 2.83. The van der Waals surface area contributed by atoms with Crippen LogP contribution in [0.1, 0.15) is 0 Å². The molecular formula is C17H12BrClN8O. The van der Waals surface area contributed by atoms with Crippen molar-refractivity contribution in [3.05, 3.63) is 52.5 Å². The van der Waals surface area contributed by atoms with Crippen LogP contribution in [0.25, 0.3) is 28.2 Å². The van der Waals surface area contributed by atoms with E-state index in [0.717, 1.165) is 15.5 Å². The molecule has 0 unspecified atom stereocenters. The first kappa shape index (κ1) is 17.1. The molecule has 9 nitrogen and oxygen atoms in total. The van der Waals surface area contributed by atoms with Crippen molar-refractivity contribution >= 4 is 44.2 Å². The maximum Gasteiger partial charge on any atom is 0.202 e. The Morgan fingerprint density at radius 1 is 1.18 bits per heavy atom. The van der Waals surface area contributed by atoms with Gasteiger partial charge in [0.2, 0.25) is 5.82 Å². The van der Waals surface area contributed by atoms with E-state index in [1.54, 1.807) is 44.6 Å². The Morgan fingerprint density at radius 3 is 2.93 bits per heavy atom. The molecule has 0 aliphatic heterocycles. The Hall–Kier alpha value is -2.98. The Labute approximate surface area is 171 Å². The monoisotopic (exact) mass is 458 g/mol. The molecule has 0 N–H and O–H groups in total. The van der Waals surface area contributed by atoms with Gasteiger partial charge in [0.25, 0.3) is 0 Å². The number of fused-ring (bicyclic) bond motifs is 3. The summed E-state index contributed by atoms with van der Waals surface area (Å²) >= 11 is 9.38. The molecule has 0 amide bonds. The van der Waals surface area contributed by atoms with Crippen LogP contribution in [0.4, 0.5) is 0 Å². The number of halogens is 2. The minimum Gasteiger partial charge on any atom is -0.470 e. The average Bonchev–Trinajstić information content (AvgIpc) is 3.38. The first-order valence-corrected chi connectivity index (χ1v) is 9.40. The molecule has 0 aliphatic rings. The van der Waals surface area contributed by atoms with Gasteiger partial charge in [0.1, 0.15) is 17.8 Å². The minimum absolute atomic E-state index is 0.238. The molecule has 0 saturated carbocycles. The van der Waals surface area contributed by atoms with Crippen LogP contribution >= 0.6 is 27.5 Å². The zero-order valence-electron chi connectivity index (χ0n) is 14.5. The van der Waals surface area contributed by atoms with Crippen molar-refractivity contribution in [1.82, 2.24) is 39.1 Å². The number of ether oxygens (including phenoxy) is 1. The van der Waals surface area contributed by atoms with Gasteiger partial charge < -0.3 is 4.74 Å². The molecule has 4 heterocycles. The lowest BCUT2D eigenvalue weighted by Gasteiger charge is -2.08. The van der Waals surface area contributed by atoms with Gasteiger partial charge in [-0.1, -0.05) is 11.6 Å². The minimum atomic E-state index is 0.238. The van der Waals surface area contributed by atoms with Gasteiger partial charge in [-0.05, 0) is 40.2 Å². The molecule has 4 aromatic heterocycles. The number of nitrogens with zero attached hydrogens (tertiary/aromatic N) is 8. The smallest absolute Gasteiger partial charge is 0.202 e. The van der Waals surface area contributed by atoms with Crippen LogP contribution in [0, 0.1) is 0 Å². The van der Waals surface area contributed by atoms with E-state index in [9.17, 15) is 0 Å². The molecule has 5 rings (SSSR count). The van der Waals surface area contributed by atoms with E-state index in [-0.39, 0.29) is 6.73 Å². The van der Waals surface area contributed by atoms with Crippen LogP contribution in [-0.2, 0) is 13.8 Å². The molecule has 0 spiro atoms. The van der Waals surface area contributed by atoms with E-state index in [1.165, 1.54) is 0 Å². The lowest BCUT2D eigenvalue weighted by atomic mass is 10.3. The number of benzene rings is 1. The molecular weight excluding hydrogens is 448 g/mol. The summed E-state index contributed by atoms with van der Waals surface area (Å²) in [6.45, 7) is 0.238. The number of hydrogen-bond donors (Lipinski definition) is 0. The van der Waals surface area contributed by atoms with Gasteiger partial charge in [-0.15, -0.1) is 5.10 Å². The van der Waals surface area contributed by atoms with Gasteiger partial charge in [0.05, 0.1) is 16.1 Å². The molecule has 11 heteroatoms. The lowest BCUT2D eigenvalue weighted by Crippen LogP contribution is -2.06. The van der Waals surface area contributed by atoms with Crippen LogP contribution in [0.15, 0.2) is 47.5 Å². The van der Waals surface area contributed by atoms with Crippen LogP contribution in [0.3, 0.4) is 0 Å². The summed E-state index contributed by atoms with van der Waals surface area (Å²) in [5.41, 5.74) is 2.07. The summed E-state index contributed by atoms with van der Waals surface area (Å²) in [6, 6.07) is 7.18. The molecule has 0 bridgehead atoms. The molecule has 0 saturated heterocycles. The maximum absolute atomic E-state index is 5.95. The normalized spacial score (nSPS) is 11.5. The number of aromatic nitrogens is 8. The fraction of sp³-hybridized carbons (Fsp3) is 0.118. The number of aryl methyl sites for hydroxylation is 1. The average molecular weight is 460 g/mol. The second-order valence-corrected chi connectivity index (χ2v) is 7.33. The van der Waals surface area contributed by atoms with Crippen LogP contribution < -0.4 is 4.74 Å². The van der Waals surface area contributed by atoms with E-state index in [4.69, 9.17) is 16.3 Å². The molecule has 0 atom stereocenters. The van der Waals surface area contributed by atoms with Crippen molar-refractivity contribution < 1.29 is 4.74 Å². The quantitative estimate of drug-likeness (QED) is 0.410. The SMILES string of the molecule is Cn1ncc2c1ncn1nc(-c3ccn(COc4ccc(Cl)cc4Br)n3)nc21. The maximum atomic E-state index is 5.95. The van der Waals surface area contributed by atoms with Crippen LogP contribution in [0.5, 0.6) is 5.75 Å². The summed E-state index contributed by atoms with van der Waals surface area (Å²) in [5.74, 6) is 1.18. The predicted octanol–water partition coefficient (Wildman–Crippen LogP) is 3.33. The van der Waals surface area contributed by atoms with Crippen LogP contribution in [-0.4, -0.2) is 39.1 Å². The van der Waals surface area contributed by atoms with Crippen LogP contribution in [0.2, 0.25) is 5.02 Å². The highest BCUT2D eigenvalue weighted by atomic mass is 79.9. The predicted molar refractivity (Wildman–Crippen MR) is 106 cm³/mol. The molecule has 5 aromatic rings. The third-order valence-corrected chi connectivity index (χ3v) is 5.04. The summed E-state index contributed by atoms with van der Waals surface area (Å²) in [5, 5.41) is 14.6. The van der Waals surface area contributed by atoms with Gasteiger partial charge in [-0.2, -0.15) is 10.2 Å². The van der Waals surface area contributed by atoms with Crippen molar-refractivity contribution in [2.45, 2.75) is 6.73 Å². The Balaban J connectivity index is 1.41. The fourth-order valence-corrected chi connectivity index (χ4v) is 3.63. The summed E-state index contributed by atoms with van der Waals surface area (Å²) in [4.78, 5) is 8.96. The zero-order chi connectivity index (χ0) is 19.3. The number of hydrogen-bond acceptors (Lipinski definition) is 6. The highest BCUT2D eigenvalue weighted by Crippen LogP contribution is 2.28. The summed E-state index contributed by atoms with van der Waals surface area (Å²) in [6.07, 6.45) is 5.16. The molecule has 28 heavy (non-hydrogen) atoms. The Kier molecular flexibility index (Phi) is 4.02. The van der Waals surface area contributed by atoms with Gasteiger partial charge in [0.15, 0.2) is 18.0 Å². The van der Waals surface area contributed by atoms with Crippen molar-refractivity contribution in [3.8, 4) is 17.3 Å². The molecule has 0 fully saturated rings. The van der Waals surface area contributed by atoms with E-state index in [0.29, 0.717) is 27.9 Å². The first-order valence-electron chi connectivity index (χ1n) is 8.23. The third kappa shape index (κ3) is 2.90. The second kappa shape index (κ2) is 6.57. The van der Waals surface area contributed by atoms with E-state index in [2.05, 4.69) is 41.2 Å². The van der Waals surface area contributed by atoms with E-state index >= 15 is 0 Å². The zero-order valence-corrected chi connectivity index (χ0v) is 16.8. The van der Waals surface area contributed by atoms with Crippen molar-refractivity contribution in [3.63, 3.8) is 0 Å². The van der Waals surface area contributed by atoms with Gasteiger partial charge in [-0.3, -0.25) is 4.68 Å². The molecule has 0 radical (unpaired) electrons. The van der Waals surface area contributed by atoms with Crippen molar-refractivity contribution in [2.75, 3.05) is 0 Å². The van der Waals surface area contributed by atoms with Crippen molar-refractivity contribution in [2.24, 2.45) is 7.05 Å². The highest BCUT2D eigenvalue weighted by Gasteiger charge is 2.14. The first-order chi connectivity index (χ1) is 13.6. The highest BCUT2D eigenvalue weighted by molar-refractivity contribution is 9.10. The van der Waals surface area contributed by atoms with Gasteiger partial charge >= 0.3 is 0 Å². The van der Waals surface area contributed by atoms with E-state index < -0.39 is 0 Å². The Bertz CT molecular complexity index is 1320. The third-order valence-electron chi connectivity index (χ3n) is 4.19. The lowest BCUT2D eigenvalue weighted by molar-refractivity contribution is 0.220. The van der Waals surface area contributed by atoms with Gasteiger partial charge in [0, 0.05) is 18.3 Å². The van der Waals surface area contributed by atoms with E-state index in [1.807, 2.05) is 19.3 Å². The van der Waals surface area contributed by atoms with Crippen molar-refractivity contribution in [1.29, 1.82) is 0 Å². The second-order valence-electron chi connectivity index (χ2n) is 6.04. The van der Waals surface area contributed by atoms with Gasteiger partial charge in [-0.25, -0.2) is 19.2 Å².